The number of amides is 1. The molecule has 1 rings (SSSR count). The van der Waals surface area contributed by atoms with E-state index in [0.29, 0.717) is 17.6 Å². The van der Waals surface area contributed by atoms with Crippen LogP contribution < -0.4 is 11.1 Å². The number of thiocarbonyl (C=S) groups is 1. The van der Waals surface area contributed by atoms with Gasteiger partial charge in [0.25, 0.3) is 0 Å². The molecule has 0 bridgehead atoms. The number of hydrogen-bond donors (Lipinski definition) is 2. The molecule has 0 aromatic rings. The number of rotatable bonds is 5. The van der Waals surface area contributed by atoms with Crippen LogP contribution in [0.5, 0.6) is 0 Å². The van der Waals surface area contributed by atoms with Crippen molar-refractivity contribution >= 4 is 23.1 Å². The summed E-state index contributed by atoms with van der Waals surface area (Å²) in [6.07, 6.45) is 4.68. The van der Waals surface area contributed by atoms with Gasteiger partial charge in [0.2, 0.25) is 5.91 Å². The normalized spacial score (nSPS) is 18.7. The number of nitrogens with zero attached hydrogens (tertiary/aromatic N) is 1. The Hall–Kier alpha value is -0.680. The van der Waals surface area contributed by atoms with Gasteiger partial charge in [0.05, 0.1) is 17.6 Å². The second-order valence-electron chi connectivity index (χ2n) is 4.54. The van der Waals surface area contributed by atoms with Gasteiger partial charge in [0.15, 0.2) is 0 Å². The zero-order valence-corrected chi connectivity index (χ0v) is 10.8. The van der Waals surface area contributed by atoms with Crippen molar-refractivity contribution in [2.75, 3.05) is 13.6 Å². The first-order valence-electron chi connectivity index (χ1n) is 5.79. The van der Waals surface area contributed by atoms with Crippen LogP contribution in [0, 0.1) is 0 Å². The summed E-state index contributed by atoms with van der Waals surface area (Å²) in [6.45, 7) is 2.26. The Bertz CT molecular complexity index is 264. The van der Waals surface area contributed by atoms with E-state index in [1.54, 1.807) is 0 Å². The molecule has 0 heterocycles. The highest BCUT2D eigenvalue weighted by molar-refractivity contribution is 7.80. The Morgan fingerprint density at radius 1 is 1.56 bits per heavy atom. The van der Waals surface area contributed by atoms with Crippen molar-refractivity contribution in [3.05, 3.63) is 0 Å². The number of carbonyl (C=O) groups is 1. The summed E-state index contributed by atoms with van der Waals surface area (Å²) in [4.78, 5) is 14.0. The van der Waals surface area contributed by atoms with E-state index in [4.69, 9.17) is 18.0 Å². The molecule has 1 fully saturated rings. The van der Waals surface area contributed by atoms with Gasteiger partial charge in [-0.1, -0.05) is 25.1 Å². The highest BCUT2D eigenvalue weighted by Crippen LogP contribution is 2.17. The molecule has 1 atom stereocenters. The van der Waals surface area contributed by atoms with E-state index in [0.717, 1.165) is 12.8 Å². The summed E-state index contributed by atoms with van der Waals surface area (Å²) in [5.74, 6) is 0.0671. The van der Waals surface area contributed by atoms with E-state index < -0.39 is 0 Å². The number of nitrogens with two attached hydrogens (primary N) is 1. The largest absolute Gasteiger partial charge is 0.392 e. The molecule has 1 amide bonds. The van der Waals surface area contributed by atoms with Gasteiger partial charge in [-0.2, -0.15) is 0 Å². The number of likely N-dealkylation sites (N-methyl/N-ethyl adjacent to an activating group) is 1. The SMILES string of the molecule is CC(C(N)=S)N(C)CC(=O)NC1CCCC1. The van der Waals surface area contributed by atoms with Crippen molar-refractivity contribution in [3.63, 3.8) is 0 Å². The molecule has 1 aliphatic rings. The summed E-state index contributed by atoms with van der Waals surface area (Å²) >= 11 is 4.90. The van der Waals surface area contributed by atoms with Crippen LogP contribution in [0.3, 0.4) is 0 Å². The lowest BCUT2D eigenvalue weighted by Crippen LogP contribution is -2.46. The van der Waals surface area contributed by atoms with Gasteiger partial charge < -0.3 is 11.1 Å². The predicted molar refractivity (Wildman–Crippen MR) is 69.3 cm³/mol. The van der Waals surface area contributed by atoms with Gasteiger partial charge in [-0.05, 0) is 26.8 Å². The van der Waals surface area contributed by atoms with Crippen LogP contribution >= 0.6 is 12.2 Å². The van der Waals surface area contributed by atoms with Crippen LogP contribution in [0.1, 0.15) is 32.6 Å². The van der Waals surface area contributed by atoms with Crippen molar-refractivity contribution in [2.24, 2.45) is 5.73 Å². The fraction of sp³-hybridized carbons (Fsp3) is 0.818. The molecule has 4 nitrogen and oxygen atoms in total. The zero-order chi connectivity index (χ0) is 12.1. The topological polar surface area (TPSA) is 58.4 Å². The summed E-state index contributed by atoms with van der Waals surface area (Å²) in [6, 6.07) is 0.338. The Balaban J connectivity index is 2.29. The van der Waals surface area contributed by atoms with E-state index in [1.807, 2.05) is 18.9 Å². The average Bonchev–Trinajstić information content (AvgIpc) is 2.68. The van der Waals surface area contributed by atoms with Crippen LogP contribution in [-0.2, 0) is 4.79 Å². The van der Waals surface area contributed by atoms with E-state index in [-0.39, 0.29) is 11.9 Å². The minimum absolute atomic E-state index is 0.0377. The number of carbonyl (C=O) groups excluding carboxylic acids is 1. The Labute approximate surface area is 103 Å². The zero-order valence-electron chi connectivity index (χ0n) is 10.0. The minimum Gasteiger partial charge on any atom is -0.392 e. The van der Waals surface area contributed by atoms with Gasteiger partial charge in [-0.25, -0.2) is 0 Å². The van der Waals surface area contributed by atoms with Crippen LogP contribution in [0.2, 0.25) is 0 Å². The minimum atomic E-state index is -0.0377. The molecule has 0 saturated heterocycles. The maximum Gasteiger partial charge on any atom is 0.234 e. The molecule has 92 valence electrons. The third-order valence-corrected chi connectivity index (χ3v) is 3.53. The van der Waals surface area contributed by atoms with Crippen LogP contribution in [0.15, 0.2) is 0 Å². The Morgan fingerprint density at radius 3 is 2.62 bits per heavy atom. The molecule has 5 heteroatoms. The maximum atomic E-state index is 11.7. The lowest BCUT2D eigenvalue weighted by Gasteiger charge is -2.23. The third kappa shape index (κ3) is 4.06. The molecule has 0 aromatic carbocycles. The highest BCUT2D eigenvalue weighted by atomic mass is 32.1. The lowest BCUT2D eigenvalue weighted by atomic mass is 10.2. The Morgan fingerprint density at radius 2 is 2.12 bits per heavy atom. The first-order chi connectivity index (χ1) is 7.50. The highest BCUT2D eigenvalue weighted by Gasteiger charge is 2.19. The summed E-state index contributed by atoms with van der Waals surface area (Å²) < 4.78 is 0. The molecule has 0 aromatic heterocycles. The smallest absolute Gasteiger partial charge is 0.234 e. The third-order valence-electron chi connectivity index (χ3n) is 3.19. The summed E-state index contributed by atoms with van der Waals surface area (Å²) in [7, 11) is 1.86. The van der Waals surface area contributed by atoms with Crippen molar-refractivity contribution < 1.29 is 4.79 Å². The van der Waals surface area contributed by atoms with Crippen LogP contribution in [0.4, 0.5) is 0 Å². The second-order valence-corrected chi connectivity index (χ2v) is 5.01. The molecular formula is C11H21N3OS. The Kier molecular flexibility index (Phi) is 5.15. The van der Waals surface area contributed by atoms with Gasteiger partial charge in [-0.3, -0.25) is 9.69 Å². The van der Waals surface area contributed by atoms with Crippen molar-refractivity contribution in [1.29, 1.82) is 0 Å². The monoisotopic (exact) mass is 243 g/mol. The van der Waals surface area contributed by atoms with E-state index in [9.17, 15) is 4.79 Å². The summed E-state index contributed by atoms with van der Waals surface area (Å²) in [5.41, 5.74) is 5.53. The second kappa shape index (κ2) is 6.15. The van der Waals surface area contributed by atoms with Crippen molar-refractivity contribution in [1.82, 2.24) is 10.2 Å². The van der Waals surface area contributed by atoms with Gasteiger partial charge in [-0.15, -0.1) is 0 Å². The molecule has 0 spiro atoms. The van der Waals surface area contributed by atoms with Crippen LogP contribution in [-0.4, -0.2) is 41.5 Å². The first-order valence-corrected chi connectivity index (χ1v) is 6.20. The molecule has 1 unspecified atom stereocenters. The van der Waals surface area contributed by atoms with E-state index in [2.05, 4.69) is 5.32 Å². The number of hydrogen-bond acceptors (Lipinski definition) is 3. The van der Waals surface area contributed by atoms with Gasteiger partial charge in [0.1, 0.15) is 0 Å². The molecular weight excluding hydrogens is 222 g/mol. The van der Waals surface area contributed by atoms with E-state index in [1.165, 1.54) is 12.8 Å². The van der Waals surface area contributed by atoms with Crippen molar-refractivity contribution in [3.8, 4) is 0 Å². The fourth-order valence-corrected chi connectivity index (χ4v) is 2.10. The molecule has 0 aliphatic heterocycles. The van der Waals surface area contributed by atoms with Crippen molar-refractivity contribution in [2.45, 2.75) is 44.7 Å². The standard InChI is InChI=1S/C11H21N3OS/c1-8(11(12)16)14(2)7-10(15)13-9-5-3-4-6-9/h8-9H,3-7H2,1-2H3,(H2,12,16)(H,13,15). The molecule has 1 saturated carbocycles. The van der Waals surface area contributed by atoms with Gasteiger partial charge >= 0.3 is 0 Å². The first kappa shape index (κ1) is 13.4. The molecule has 1 aliphatic carbocycles. The van der Waals surface area contributed by atoms with Gasteiger partial charge in [0, 0.05) is 6.04 Å². The average molecular weight is 243 g/mol. The molecule has 16 heavy (non-hydrogen) atoms. The molecule has 3 N–H and O–H groups in total. The predicted octanol–water partition coefficient (Wildman–Crippen LogP) is 0.652. The molecule has 0 radical (unpaired) electrons. The maximum absolute atomic E-state index is 11.7. The van der Waals surface area contributed by atoms with E-state index >= 15 is 0 Å². The number of nitrogens with one attached hydrogen (secondary N) is 1. The summed E-state index contributed by atoms with van der Waals surface area (Å²) in [5, 5.41) is 3.04. The van der Waals surface area contributed by atoms with Crippen LogP contribution in [0.25, 0.3) is 0 Å². The fourth-order valence-electron chi connectivity index (χ4n) is 1.92. The lowest BCUT2D eigenvalue weighted by molar-refractivity contribution is -0.122. The quantitative estimate of drug-likeness (QED) is 0.696.